The Hall–Kier alpha value is -2.97. The van der Waals surface area contributed by atoms with Crippen molar-refractivity contribution >= 4 is 23.2 Å². The first-order chi connectivity index (χ1) is 14.1. The predicted octanol–water partition coefficient (Wildman–Crippen LogP) is 2.71. The number of hydrogen-bond acceptors (Lipinski definition) is 5. The number of thiazole rings is 1. The molecule has 1 saturated heterocycles. The van der Waals surface area contributed by atoms with Crippen molar-refractivity contribution in [2.24, 2.45) is 4.99 Å². The highest BCUT2D eigenvalue weighted by atomic mass is 32.1. The molecule has 0 spiro atoms. The first-order valence-corrected chi connectivity index (χ1v) is 10.2. The fraction of sp³-hybridized carbons (Fsp3) is 0.286. The van der Waals surface area contributed by atoms with Gasteiger partial charge in [0.15, 0.2) is 10.6 Å². The van der Waals surface area contributed by atoms with Crippen molar-refractivity contribution in [3.05, 3.63) is 75.4 Å². The van der Waals surface area contributed by atoms with Gasteiger partial charge in [0.25, 0.3) is 5.91 Å². The van der Waals surface area contributed by atoms with Crippen molar-refractivity contribution in [2.45, 2.75) is 13.5 Å². The smallest absolute Gasteiger partial charge is 0.315 e. The summed E-state index contributed by atoms with van der Waals surface area (Å²) in [6.07, 6.45) is 3.41. The molecule has 1 aliphatic heterocycles. The SMILES string of the molecule is Cc1cn(Cc2cccc(C(=O)N3CCOCC3)c2)c(=NC(=O)c2ccco2)s1. The number of furan rings is 1. The van der Waals surface area contributed by atoms with Crippen molar-refractivity contribution in [1.82, 2.24) is 9.47 Å². The molecule has 3 aromatic rings. The van der Waals surface area contributed by atoms with Gasteiger partial charge in [-0.05, 0) is 36.8 Å². The average Bonchev–Trinajstić information content (AvgIpc) is 3.39. The number of aryl methyl sites for hydroxylation is 1. The number of carbonyl (C=O) groups excluding carboxylic acids is 2. The van der Waals surface area contributed by atoms with E-state index in [0.717, 1.165) is 10.4 Å². The molecule has 0 unspecified atom stereocenters. The molecule has 150 valence electrons. The Morgan fingerprint density at radius 1 is 1.17 bits per heavy atom. The highest BCUT2D eigenvalue weighted by molar-refractivity contribution is 7.09. The summed E-state index contributed by atoms with van der Waals surface area (Å²) in [5.74, 6) is -0.192. The van der Waals surface area contributed by atoms with Crippen LogP contribution in [0.3, 0.4) is 0 Å². The summed E-state index contributed by atoms with van der Waals surface area (Å²) >= 11 is 1.44. The number of carbonyl (C=O) groups is 2. The summed E-state index contributed by atoms with van der Waals surface area (Å²) in [4.78, 5) is 32.7. The summed E-state index contributed by atoms with van der Waals surface area (Å²) < 4.78 is 12.4. The minimum Gasteiger partial charge on any atom is -0.459 e. The molecule has 0 bridgehead atoms. The van der Waals surface area contributed by atoms with E-state index < -0.39 is 5.91 Å². The summed E-state index contributed by atoms with van der Waals surface area (Å²) in [7, 11) is 0. The highest BCUT2D eigenvalue weighted by Crippen LogP contribution is 2.12. The van der Waals surface area contributed by atoms with Crippen molar-refractivity contribution in [3.8, 4) is 0 Å². The van der Waals surface area contributed by atoms with Gasteiger partial charge >= 0.3 is 5.91 Å². The molecule has 1 fully saturated rings. The molecule has 1 aromatic carbocycles. The van der Waals surface area contributed by atoms with E-state index in [1.165, 1.54) is 17.6 Å². The maximum Gasteiger partial charge on any atom is 0.315 e. The van der Waals surface area contributed by atoms with Crippen molar-refractivity contribution < 1.29 is 18.7 Å². The standard InChI is InChI=1S/C21H21N3O4S/c1-15-13-24(21(29-15)22-19(25)18-6-3-9-28-18)14-16-4-2-5-17(12-16)20(26)23-7-10-27-11-8-23/h2-6,9,12-13H,7-8,10-11,14H2,1H3. The van der Waals surface area contributed by atoms with Crippen LogP contribution in [-0.2, 0) is 11.3 Å². The second kappa shape index (κ2) is 8.59. The molecule has 0 aliphatic carbocycles. The van der Waals surface area contributed by atoms with Crippen LogP contribution in [0.25, 0.3) is 0 Å². The number of ether oxygens (including phenoxy) is 1. The van der Waals surface area contributed by atoms with Crippen molar-refractivity contribution in [3.63, 3.8) is 0 Å². The summed E-state index contributed by atoms with van der Waals surface area (Å²) in [5.41, 5.74) is 1.62. The molecule has 29 heavy (non-hydrogen) atoms. The first kappa shape index (κ1) is 19.4. The van der Waals surface area contributed by atoms with Crippen LogP contribution in [0.15, 0.2) is 58.3 Å². The van der Waals surface area contributed by atoms with Gasteiger partial charge in [-0.2, -0.15) is 4.99 Å². The third-order valence-electron chi connectivity index (χ3n) is 4.59. The molecule has 4 rings (SSSR count). The van der Waals surface area contributed by atoms with Gasteiger partial charge in [0.05, 0.1) is 19.5 Å². The lowest BCUT2D eigenvalue weighted by Gasteiger charge is -2.27. The zero-order valence-electron chi connectivity index (χ0n) is 16.0. The van der Waals surface area contributed by atoms with Crippen LogP contribution in [-0.4, -0.2) is 47.6 Å². The third kappa shape index (κ3) is 4.55. The molecular weight excluding hydrogens is 390 g/mol. The maximum absolute atomic E-state index is 12.7. The van der Waals surface area contributed by atoms with Gasteiger partial charge in [0.2, 0.25) is 0 Å². The largest absolute Gasteiger partial charge is 0.459 e. The monoisotopic (exact) mass is 411 g/mol. The van der Waals surface area contributed by atoms with Gasteiger partial charge in [-0.1, -0.05) is 12.1 Å². The normalized spacial score (nSPS) is 14.9. The van der Waals surface area contributed by atoms with Crippen LogP contribution in [0.2, 0.25) is 0 Å². The van der Waals surface area contributed by atoms with E-state index in [4.69, 9.17) is 9.15 Å². The Bertz CT molecular complexity index is 1080. The summed E-state index contributed by atoms with van der Waals surface area (Å²) in [6, 6.07) is 10.8. The first-order valence-electron chi connectivity index (χ1n) is 9.35. The third-order valence-corrected chi connectivity index (χ3v) is 5.53. The van der Waals surface area contributed by atoms with E-state index in [2.05, 4.69) is 4.99 Å². The molecule has 3 heterocycles. The molecule has 0 saturated carbocycles. The second-order valence-corrected chi connectivity index (χ2v) is 7.96. The number of nitrogens with zero attached hydrogens (tertiary/aromatic N) is 3. The van der Waals surface area contributed by atoms with Crippen molar-refractivity contribution in [2.75, 3.05) is 26.3 Å². The molecule has 0 N–H and O–H groups in total. The fourth-order valence-corrected chi connectivity index (χ4v) is 4.03. The Morgan fingerprint density at radius 3 is 2.76 bits per heavy atom. The quantitative estimate of drug-likeness (QED) is 0.661. The van der Waals surface area contributed by atoms with Crippen molar-refractivity contribution in [1.29, 1.82) is 0 Å². The molecule has 0 atom stereocenters. The van der Waals surface area contributed by atoms with Crippen LogP contribution in [0.1, 0.15) is 31.4 Å². The fourth-order valence-electron chi connectivity index (χ4n) is 3.19. The van der Waals surface area contributed by atoms with E-state index in [9.17, 15) is 9.59 Å². The summed E-state index contributed by atoms with van der Waals surface area (Å²) in [6.45, 7) is 4.85. The van der Waals surface area contributed by atoms with Crippen LogP contribution in [0, 0.1) is 6.92 Å². The Balaban J connectivity index is 1.57. The number of amides is 2. The predicted molar refractivity (Wildman–Crippen MR) is 108 cm³/mol. The van der Waals surface area contributed by atoms with E-state index in [1.807, 2.05) is 46.9 Å². The molecule has 2 amide bonds. The second-order valence-electron chi connectivity index (χ2n) is 6.75. The molecule has 8 heteroatoms. The Kier molecular flexibility index (Phi) is 5.73. The van der Waals surface area contributed by atoms with Gasteiger partial charge in [0.1, 0.15) is 0 Å². The van der Waals surface area contributed by atoms with Gasteiger partial charge in [0, 0.05) is 36.3 Å². The number of aromatic nitrogens is 1. The number of morpholine rings is 1. The molecule has 1 aliphatic rings. The topological polar surface area (TPSA) is 77.0 Å². The van der Waals surface area contributed by atoms with Crippen LogP contribution < -0.4 is 4.80 Å². The van der Waals surface area contributed by atoms with E-state index in [-0.39, 0.29) is 11.7 Å². The number of benzene rings is 1. The molecule has 0 radical (unpaired) electrons. The zero-order valence-corrected chi connectivity index (χ0v) is 16.9. The minimum atomic E-state index is -0.415. The molecule has 2 aromatic heterocycles. The van der Waals surface area contributed by atoms with Crippen LogP contribution in [0.4, 0.5) is 0 Å². The van der Waals surface area contributed by atoms with E-state index in [0.29, 0.717) is 43.2 Å². The summed E-state index contributed by atoms with van der Waals surface area (Å²) in [5, 5.41) is 0. The highest BCUT2D eigenvalue weighted by Gasteiger charge is 2.18. The van der Waals surface area contributed by atoms with E-state index >= 15 is 0 Å². The number of hydrogen-bond donors (Lipinski definition) is 0. The van der Waals surface area contributed by atoms with Gasteiger partial charge in [-0.25, -0.2) is 0 Å². The lowest BCUT2D eigenvalue weighted by atomic mass is 10.1. The van der Waals surface area contributed by atoms with Crippen LogP contribution >= 0.6 is 11.3 Å². The molecular formula is C21H21N3O4S. The molecule has 7 nitrogen and oxygen atoms in total. The van der Waals surface area contributed by atoms with Crippen LogP contribution in [0.5, 0.6) is 0 Å². The van der Waals surface area contributed by atoms with Gasteiger partial charge < -0.3 is 18.6 Å². The minimum absolute atomic E-state index is 0.0135. The Labute approximate surface area is 171 Å². The van der Waals surface area contributed by atoms with Gasteiger partial charge in [-0.3, -0.25) is 9.59 Å². The lowest BCUT2D eigenvalue weighted by molar-refractivity contribution is 0.0303. The Morgan fingerprint density at radius 2 is 2.00 bits per heavy atom. The number of rotatable bonds is 4. The maximum atomic E-state index is 12.7. The van der Waals surface area contributed by atoms with Gasteiger partial charge in [-0.15, -0.1) is 11.3 Å². The zero-order chi connectivity index (χ0) is 20.2. The lowest BCUT2D eigenvalue weighted by Crippen LogP contribution is -2.40. The van der Waals surface area contributed by atoms with E-state index in [1.54, 1.807) is 12.1 Å². The average molecular weight is 411 g/mol.